The maximum Gasteiger partial charge on any atom is 0.303 e. The smallest absolute Gasteiger partial charge is 0.303 e. The second-order valence-electron chi connectivity index (χ2n) is 6.90. The van der Waals surface area contributed by atoms with Crippen LogP contribution < -0.4 is 0 Å². The largest absolute Gasteiger partial charge is 0.481 e. The number of aliphatic carboxylic acids is 1. The van der Waals surface area contributed by atoms with Gasteiger partial charge >= 0.3 is 5.97 Å². The quantitative estimate of drug-likeness (QED) is 0.834. The predicted molar refractivity (Wildman–Crippen MR) is 94.3 cm³/mol. The van der Waals surface area contributed by atoms with Gasteiger partial charge in [-0.2, -0.15) is 4.98 Å². The van der Waals surface area contributed by atoms with Gasteiger partial charge in [0.15, 0.2) is 0 Å². The van der Waals surface area contributed by atoms with Crippen LogP contribution in [0.1, 0.15) is 37.1 Å². The lowest BCUT2D eigenvalue weighted by Crippen LogP contribution is -2.39. The van der Waals surface area contributed by atoms with Crippen LogP contribution in [0.5, 0.6) is 0 Å². The standard InChI is InChI=1S/C19H22FN3O4/c1-12-10-14(2-3-15(12)20)19-21-16(27-22-19)4-5-17(24)23-8-6-13(7-9-23)11-18(25)26/h2-3,10,13H,4-9,11H2,1H3,(H,25,26). The molecule has 7 nitrogen and oxygen atoms in total. The Hall–Kier alpha value is -2.77. The Labute approximate surface area is 156 Å². The van der Waals surface area contributed by atoms with E-state index in [1.807, 2.05) is 0 Å². The number of likely N-dealkylation sites (tertiary alicyclic amines) is 1. The molecule has 1 aromatic heterocycles. The molecule has 144 valence electrons. The molecule has 1 aliphatic heterocycles. The van der Waals surface area contributed by atoms with E-state index in [0.717, 1.165) is 0 Å². The summed E-state index contributed by atoms with van der Waals surface area (Å²) in [5, 5.41) is 12.7. The number of carboxylic acids is 1. The molecule has 1 N–H and O–H groups in total. The first kappa shape index (κ1) is 19.0. The first-order valence-electron chi connectivity index (χ1n) is 9.01. The number of carbonyl (C=O) groups excluding carboxylic acids is 1. The number of aryl methyl sites for hydroxylation is 2. The van der Waals surface area contributed by atoms with Crippen LogP contribution in [0, 0.1) is 18.7 Å². The van der Waals surface area contributed by atoms with Crippen LogP contribution in [0.3, 0.4) is 0 Å². The molecule has 0 saturated carbocycles. The van der Waals surface area contributed by atoms with E-state index < -0.39 is 5.97 Å². The van der Waals surface area contributed by atoms with E-state index >= 15 is 0 Å². The van der Waals surface area contributed by atoms with E-state index in [0.29, 0.717) is 55.2 Å². The Morgan fingerprint density at radius 2 is 2.07 bits per heavy atom. The molecule has 1 saturated heterocycles. The number of nitrogens with zero attached hydrogens (tertiary/aromatic N) is 3. The highest BCUT2D eigenvalue weighted by Crippen LogP contribution is 2.22. The van der Waals surface area contributed by atoms with Crippen molar-refractivity contribution in [2.24, 2.45) is 5.92 Å². The van der Waals surface area contributed by atoms with Crippen molar-refractivity contribution in [3.8, 4) is 11.4 Å². The molecule has 0 radical (unpaired) electrons. The van der Waals surface area contributed by atoms with E-state index in [4.69, 9.17) is 9.63 Å². The minimum atomic E-state index is -0.789. The Kier molecular flexibility index (Phi) is 5.83. The van der Waals surface area contributed by atoms with Gasteiger partial charge in [0.2, 0.25) is 17.6 Å². The minimum absolute atomic E-state index is 0.00107. The maximum atomic E-state index is 13.4. The summed E-state index contributed by atoms with van der Waals surface area (Å²) in [6.07, 6.45) is 2.18. The van der Waals surface area contributed by atoms with Crippen LogP contribution in [0.4, 0.5) is 4.39 Å². The number of aromatic nitrogens is 2. The molecule has 0 aliphatic carbocycles. The lowest BCUT2D eigenvalue weighted by molar-refractivity contribution is -0.138. The summed E-state index contributed by atoms with van der Waals surface area (Å²) >= 11 is 0. The van der Waals surface area contributed by atoms with Crippen LogP contribution in [-0.2, 0) is 16.0 Å². The van der Waals surface area contributed by atoms with Crippen molar-refractivity contribution in [3.63, 3.8) is 0 Å². The monoisotopic (exact) mass is 375 g/mol. The molecule has 0 unspecified atom stereocenters. The van der Waals surface area contributed by atoms with Crippen LogP contribution in [0.15, 0.2) is 22.7 Å². The minimum Gasteiger partial charge on any atom is -0.481 e. The fourth-order valence-corrected chi connectivity index (χ4v) is 3.26. The van der Waals surface area contributed by atoms with Crippen molar-refractivity contribution >= 4 is 11.9 Å². The molecular formula is C19H22FN3O4. The summed E-state index contributed by atoms with van der Waals surface area (Å²) in [6, 6.07) is 4.60. The molecule has 1 amide bonds. The molecule has 1 fully saturated rings. The molecule has 0 bridgehead atoms. The Morgan fingerprint density at radius 3 is 2.74 bits per heavy atom. The van der Waals surface area contributed by atoms with E-state index in [1.54, 1.807) is 24.0 Å². The third-order valence-electron chi connectivity index (χ3n) is 4.87. The first-order valence-corrected chi connectivity index (χ1v) is 9.01. The number of amides is 1. The van der Waals surface area contributed by atoms with Gasteiger partial charge in [-0.3, -0.25) is 9.59 Å². The predicted octanol–water partition coefficient (Wildman–Crippen LogP) is 2.83. The maximum absolute atomic E-state index is 13.4. The number of carbonyl (C=O) groups is 2. The van der Waals surface area contributed by atoms with E-state index in [9.17, 15) is 14.0 Å². The topological polar surface area (TPSA) is 96.5 Å². The molecule has 1 aliphatic rings. The number of carboxylic acid groups (broad SMARTS) is 1. The normalized spacial score (nSPS) is 15.1. The highest BCUT2D eigenvalue weighted by molar-refractivity contribution is 5.76. The van der Waals surface area contributed by atoms with Gasteiger partial charge in [-0.05, 0) is 49.4 Å². The van der Waals surface area contributed by atoms with Gasteiger partial charge in [0, 0.05) is 37.9 Å². The molecule has 8 heteroatoms. The number of benzene rings is 1. The fourth-order valence-electron chi connectivity index (χ4n) is 3.26. The zero-order valence-corrected chi connectivity index (χ0v) is 15.2. The number of hydrogen-bond acceptors (Lipinski definition) is 5. The molecular weight excluding hydrogens is 353 g/mol. The number of halogens is 1. The summed E-state index contributed by atoms with van der Waals surface area (Å²) in [7, 11) is 0. The van der Waals surface area contributed by atoms with E-state index in [2.05, 4.69) is 10.1 Å². The van der Waals surface area contributed by atoms with Gasteiger partial charge in [0.1, 0.15) is 5.82 Å². The molecule has 2 aromatic rings. The lowest BCUT2D eigenvalue weighted by atomic mass is 9.93. The number of hydrogen-bond donors (Lipinski definition) is 1. The number of rotatable bonds is 6. The summed E-state index contributed by atoms with van der Waals surface area (Å²) in [6.45, 7) is 2.83. The van der Waals surface area contributed by atoms with Gasteiger partial charge in [0.25, 0.3) is 0 Å². The second-order valence-corrected chi connectivity index (χ2v) is 6.90. The molecule has 0 atom stereocenters. The molecule has 3 rings (SSSR count). The second kappa shape index (κ2) is 8.28. The zero-order chi connectivity index (χ0) is 19.4. The summed E-state index contributed by atoms with van der Waals surface area (Å²) in [5.41, 5.74) is 1.16. The van der Waals surface area contributed by atoms with Gasteiger partial charge in [-0.15, -0.1) is 0 Å². The van der Waals surface area contributed by atoms with Crippen molar-refractivity contribution in [1.29, 1.82) is 0 Å². The van der Waals surface area contributed by atoms with Gasteiger partial charge in [0.05, 0.1) is 0 Å². The van der Waals surface area contributed by atoms with Crippen LogP contribution in [0.2, 0.25) is 0 Å². The van der Waals surface area contributed by atoms with Crippen molar-refractivity contribution in [3.05, 3.63) is 35.5 Å². The average Bonchev–Trinajstić information content (AvgIpc) is 3.11. The summed E-state index contributed by atoms with van der Waals surface area (Å²) in [4.78, 5) is 29.1. The van der Waals surface area contributed by atoms with Crippen LogP contribution in [0.25, 0.3) is 11.4 Å². The Balaban J connectivity index is 1.50. The Morgan fingerprint density at radius 1 is 1.33 bits per heavy atom. The highest BCUT2D eigenvalue weighted by Gasteiger charge is 2.24. The highest BCUT2D eigenvalue weighted by atomic mass is 19.1. The Bertz CT molecular complexity index is 828. The lowest BCUT2D eigenvalue weighted by Gasteiger charge is -2.31. The average molecular weight is 375 g/mol. The van der Waals surface area contributed by atoms with E-state index in [-0.39, 0.29) is 30.5 Å². The molecule has 2 heterocycles. The van der Waals surface area contributed by atoms with Crippen molar-refractivity contribution < 1.29 is 23.6 Å². The number of piperidine rings is 1. The first-order chi connectivity index (χ1) is 12.9. The molecule has 27 heavy (non-hydrogen) atoms. The third-order valence-corrected chi connectivity index (χ3v) is 4.87. The third kappa shape index (κ3) is 4.90. The SMILES string of the molecule is Cc1cc(-c2noc(CCC(=O)N3CCC(CC(=O)O)CC3)n2)ccc1F. The zero-order valence-electron chi connectivity index (χ0n) is 15.2. The van der Waals surface area contributed by atoms with Crippen molar-refractivity contribution in [2.45, 2.75) is 39.0 Å². The van der Waals surface area contributed by atoms with Crippen molar-refractivity contribution in [2.75, 3.05) is 13.1 Å². The van der Waals surface area contributed by atoms with Crippen molar-refractivity contribution in [1.82, 2.24) is 15.0 Å². The summed E-state index contributed by atoms with van der Waals surface area (Å²) < 4.78 is 18.6. The molecule has 0 spiro atoms. The van der Waals surface area contributed by atoms with E-state index in [1.165, 1.54) is 6.07 Å². The van der Waals surface area contributed by atoms with Crippen LogP contribution in [-0.4, -0.2) is 45.1 Å². The van der Waals surface area contributed by atoms with Crippen LogP contribution >= 0.6 is 0 Å². The van der Waals surface area contributed by atoms with Gasteiger partial charge in [-0.25, -0.2) is 4.39 Å². The molecule has 1 aromatic carbocycles. The van der Waals surface area contributed by atoms with Gasteiger partial charge in [-0.1, -0.05) is 5.16 Å². The summed E-state index contributed by atoms with van der Waals surface area (Å²) in [5.74, 6) is -0.204. The fraction of sp³-hybridized carbons (Fsp3) is 0.474. The van der Waals surface area contributed by atoms with Gasteiger partial charge < -0.3 is 14.5 Å².